The molecule has 0 saturated heterocycles. The van der Waals surface area contributed by atoms with Gasteiger partial charge in [-0.05, 0) is 11.6 Å². The molecule has 1 aromatic rings. The van der Waals surface area contributed by atoms with E-state index in [1.807, 2.05) is 0 Å². The number of benzene rings is 1. The molecular weight excluding hydrogens is 244 g/mol. The molecule has 0 aliphatic heterocycles. The summed E-state index contributed by atoms with van der Waals surface area (Å²) < 4.78 is 4.95. The van der Waals surface area contributed by atoms with Crippen molar-refractivity contribution >= 4 is 23.0 Å². The van der Waals surface area contributed by atoms with E-state index in [1.165, 1.54) is 6.07 Å². The summed E-state index contributed by atoms with van der Waals surface area (Å²) in [6.45, 7) is 1.11. The topological polar surface area (TPSA) is 55.6 Å². The summed E-state index contributed by atoms with van der Waals surface area (Å²) in [4.78, 5) is 12.4. The summed E-state index contributed by atoms with van der Waals surface area (Å²) >= 11 is 5.66. The van der Waals surface area contributed by atoms with Crippen molar-refractivity contribution in [2.75, 3.05) is 32.2 Å². The van der Waals surface area contributed by atoms with Gasteiger partial charge in [-0.25, -0.2) is 0 Å². The molecule has 0 heterocycles. The largest absolute Gasteiger partial charge is 0.383 e. The predicted octanol–water partition coefficient (Wildman–Crippen LogP) is 2.42. The lowest BCUT2D eigenvalue weighted by Crippen LogP contribution is -2.22. The van der Waals surface area contributed by atoms with Gasteiger partial charge < -0.3 is 9.64 Å². The molecule has 17 heavy (non-hydrogen) atoms. The average molecular weight is 259 g/mol. The maximum atomic E-state index is 11.0. The lowest BCUT2D eigenvalue weighted by molar-refractivity contribution is -0.384. The van der Waals surface area contributed by atoms with Crippen LogP contribution >= 0.6 is 11.6 Å². The number of rotatable bonds is 6. The number of ether oxygens (including phenoxy) is 1. The van der Waals surface area contributed by atoms with Gasteiger partial charge in [-0.15, -0.1) is 11.6 Å². The molecule has 0 fully saturated rings. The Morgan fingerprint density at radius 1 is 1.53 bits per heavy atom. The summed E-state index contributed by atoms with van der Waals surface area (Å²) in [7, 11) is 3.39. The molecule has 0 amide bonds. The van der Waals surface area contributed by atoms with E-state index in [4.69, 9.17) is 16.3 Å². The highest BCUT2D eigenvalue weighted by Gasteiger charge is 2.17. The van der Waals surface area contributed by atoms with Crippen LogP contribution in [-0.2, 0) is 10.6 Å². The summed E-state index contributed by atoms with van der Waals surface area (Å²) in [6, 6.07) is 5.01. The Morgan fingerprint density at radius 2 is 2.24 bits per heavy atom. The molecule has 0 aromatic heterocycles. The Balaban J connectivity index is 3.01. The van der Waals surface area contributed by atoms with Crippen LogP contribution in [0.2, 0.25) is 0 Å². The molecule has 6 heteroatoms. The first-order valence-electron chi connectivity index (χ1n) is 5.13. The van der Waals surface area contributed by atoms with E-state index in [0.29, 0.717) is 18.8 Å². The highest BCUT2D eigenvalue weighted by Crippen LogP contribution is 2.28. The number of nitro benzene ring substituents is 1. The van der Waals surface area contributed by atoms with Gasteiger partial charge in [0.05, 0.1) is 11.5 Å². The molecule has 0 atom stereocenters. The van der Waals surface area contributed by atoms with Crippen molar-refractivity contribution in [2.24, 2.45) is 0 Å². The molecule has 0 N–H and O–H groups in total. The van der Waals surface area contributed by atoms with Gasteiger partial charge in [0.1, 0.15) is 5.69 Å². The number of hydrogen-bond donors (Lipinski definition) is 0. The number of methoxy groups -OCH3 is 1. The smallest absolute Gasteiger partial charge is 0.292 e. The first kappa shape index (κ1) is 13.7. The number of likely N-dealkylation sites (N-methyl/N-ethyl adjacent to an activating group) is 1. The monoisotopic (exact) mass is 258 g/mol. The summed E-state index contributed by atoms with van der Waals surface area (Å²) in [5, 5.41) is 11.0. The van der Waals surface area contributed by atoms with E-state index in [2.05, 4.69) is 0 Å². The van der Waals surface area contributed by atoms with Gasteiger partial charge in [0, 0.05) is 32.6 Å². The molecule has 0 spiro atoms. The van der Waals surface area contributed by atoms with Crippen molar-refractivity contribution in [2.45, 2.75) is 5.88 Å². The predicted molar refractivity (Wildman–Crippen MR) is 67.8 cm³/mol. The van der Waals surface area contributed by atoms with Crippen LogP contribution in [0.5, 0.6) is 0 Å². The van der Waals surface area contributed by atoms with Crippen molar-refractivity contribution in [1.82, 2.24) is 0 Å². The third-order valence-electron chi connectivity index (χ3n) is 2.43. The molecule has 1 aromatic carbocycles. The van der Waals surface area contributed by atoms with E-state index < -0.39 is 4.92 Å². The van der Waals surface area contributed by atoms with Crippen LogP contribution in [0.1, 0.15) is 5.56 Å². The first-order valence-corrected chi connectivity index (χ1v) is 5.67. The van der Waals surface area contributed by atoms with Crippen molar-refractivity contribution in [3.8, 4) is 0 Å². The molecule has 1 rings (SSSR count). The van der Waals surface area contributed by atoms with Crippen LogP contribution in [0, 0.1) is 10.1 Å². The van der Waals surface area contributed by atoms with E-state index >= 15 is 0 Å². The standard InChI is InChI=1S/C11H15ClN2O3/c1-13(5-6-17-2)10-4-3-9(8-12)7-11(10)14(15)16/h3-4,7H,5-6,8H2,1-2H3. The molecular formula is C11H15ClN2O3. The Bertz CT molecular complexity index is 398. The normalized spacial score (nSPS) is 10.3. The number of hydrogen-bond acceptors (Lipinski definition) is 4. The van der Waals surface area contributed by atoms with Crippen LogP contribution in [0.15, 0.2) is 18.2 Å². The summed E-state index contributed by atoms with van der Waals surface area (Å²) in [5.41, 5.74) is 1.38. The van der Waals surface area contributed by atoms with E-state index in [1.54, 1.807) is 31.2 Å². The van der Waals surface area contributed by atoms with Gasteiger partial charge in [-0.2, -0.15) is 0 Å². The first-order chi connectivity index (χ1) is 8.10. The van der Waals surface area contributed by atoms with Gasteiger partial charge >= 0.3 is 0 Å². The Hall–Kier alpha value is -1.33. The van der Waals surface area contributed by atoms with Crippen LogP contribution in [0.3, 0.4) is 0 Å². The number of nitrogens with zero attached hydrogens (tertiary/aromatic N) is 2. The SMILES string of the molecule is COCCN(C)c1ccc(CCl)cc1[N+](=O)[O-]. The summed E-state index contributed by atoms with van der Waals surface area (Å²) in [5.74, 6) is 0.267. The van der Waals surface area contributed by atoms with Crippen LogP contribution in [0.25, 0.3) is 0 Å². The van der Waals surface area contributed by atoms with Crippen molar-refractivity contribution in [3.05, 3.63) is 33.9 Å². The second-order valence-electron chi connectivity index (χ2n) is 3.63. The average Bonchev–Trinajstić information content (AvgIpc) is 2.35. The van der Waals surface area contributed by atoms with E-state index in [-0.39, 0.29) is 11.6 Å². The maximum absolute atomic E-state index is 11.0. The molecule has 0 aliphatic rings. The number of alkyl halides is 1. The zero-order chi connectivity index (χ0) is 12.8. The van der Waals surface area contributed by atoms with Gasteiger partial charge in [-0.1, -0.05) is 6.07 Å². The Kier molecular flexibility index (Phi) is 5.18. The molecule has 94 valence electrons. The Morgan fingerprint density at radius 3 is 2.76 bits per heavy atom. The Labute approximate surface area is 105 Å². The number of halogens is 1. The minimum Gasteiger partial charge on any atom is -0.383 e. The molecule has 0 saturated carbocycles. The quantitative estimate of drug-likeness (QED) is 0.447. The number of anilines is 1. The summed E-state index contributed by atoms with van der Waals surface area (Å²) in [6.07, 6.45) is 0. The van der Waals surface area contributed by atoms with Crippen LogP contribution in [-0.4, -0.2) is 32.2 Å². The molecule has 0 bridgehead atoms. The zero-order valence-corrected chi connectivity index (χ0v) is 10.6. The second kappa shape index (κ2) is 6.42. The van der Waals surface area contributed by atoms with E-state index in [9.17, 15) is 10.1 Å². The highest BCUT2D eigenvalue weighted by molar-refractivity contribution is 6.17. The van der Waals surface area contributed by atoms with Crippen LogP contribution in [0.4, 0.5) is 11.4 Å². The second-order valence-corrected chi connectivity index (χ2v) is 3.90. The minimum absolute atomic E-state index is 0.0711. The fraction of sp³-hybridized carbons (Fsp3) is 0.455. The van der Waals surface area contributed by atoms with Gasteiger partial charge in [0.2, 0.25) is 0 Å². The fourth-order valence-electron chi connectivity index (χ4n) is 1.47. The fourth-order valence-corrected chi connectivity index (χ4v) is 1.64. The van der Waals surface area contributed by atoms with E-state index in [0.717, 1.165) is 5.56 Å². The third kappa shape index (κ3) is 3.57. The molecule has 0 radical (unpaired) electrons. The lowest BCUT2D eigenvalue weighted by atomic mass is 10.2. The van der Waals surface area contributed by atoms with Gasteiger partial charge in [0.15, 0.2) is 0 Å². The van der Waals surface area contributed by atoms with Crippen molar-refractivity contribution in [1.29, 1.82) is 0 Å². The van der Waals surface area contributed by atoms with Gasteiger partial charge in [-0.3, -0.25) is 10.1 Å². The third-order valence-corrected chi connectivity index (χ3v) is 2.74. The number of nitro groups is 1. The van der Waals surface area contributed by atoms with Gasteiger partial charge in [0.25, 0.3) is 5.69 Å². The van der Waals surface area contributed by atoms with Crippen LogP contribution < -0.4 is 4.90 Å². The minimum atomic E-state index is -0.394. The highest BCUT2D eigenvalue weighted by atomic mass is 35.5. The molecule has 5 nitrogen and oxygen atoms in total. The molecule has 0 aliphatic carbocycles. The molecule has 0 unspecified atom stereocenters. The van der Waals surface area contributed by atoms with Crippen molar-refractivity contribution < 1.29 is 9.66 Å². The zero-order valence-electron chi connectivity index (χ0n) is 9.85. The lowest BCUT2D eigenvalue weighted by Gasteiger charge is -2.18. The van der Waals surface area contributed by atoms with Crippen molar-refractivity contribution in [3.63, 3.8) is 0 Å². The maximum Gasteiger partial charge on any atom is 0.292 e.